The van der Waals surface area contributed by atoms with Crippen molar-refractivity contribution in [2.75, 3.05) is 0 Å². The second kappa shape index (κ2) is 6.81. The van der Waals surface area contributed by atoms with Crippen LogP contribution in [0.5, 0.6) is 0 Å². The monoisotopic (exact) mass is 236 g/mol. The zero-order valence-electron chi connectivity index (χ0n) is 12.1. The van der Waals surface area contributed by atoms with Crippen molar-refractivity contribution in [3.8, 4) is 0 Å². The molecule has 100 valence electrons. The van der Waals surface area contributed by atoms with Crippen molar-refractivity contribution in [2.24, 2.45) is 23.7 Å². The lowest BCUT2D eigenvalue weighted by atomic mass is 9.80. The smallest absolute Gasteiger partial charge is 0.0383 e. The van der Waals surface area contributed by atoms with E-state index in [2.05, 4.69) is 13.8 Å². The molecule has 0 heteroatoms. The molecule has 0 aliphatic heterocycles. The molecule has 0 amide bonds. The van der Waals surface area contributed by atoms with Crippen LogP contribution in [0.15, 0.2) is 0 Å². The van der Waals surface area contributed by atoms with Crippen LogP contribution in [0.2, 0.25) is 0 Å². The second-order valence-electron chi connectivity index (χ2n) is 6.93. The highest BCUT2D eigenvalue weighted by Gasteiger charge is 2.27. The first-order valence-corrected chi connectivity index (χ1v) is 8.29. The van der Waals surface area contributed by atoms with Gasteiger partial charge in [0.1, 0.15) is 0 Å². The Hall–Kier alpha value is 0. The second-order valence-corrected chi connectivity index (χ2v) is 6.93. The van der Waals surface area contributed by atoms with Crippen LogP contribution in [0.4, 0.5) is 0 Å². The van der Waals surface area contributed by atoms with Crippen LogP contribution < -0.4 is 0 Å². The number of rotatable bonds is 2. The van der Waals surface area contributed by atoms with Crippen molar-refractivity contribution in [3.05, 3.63) is 0 Å². The van der Waals surface area contributed by atoms with E-state index >= 15 is 0 Å². The fraction of sp³-hybridized carbons (Fsp3) is 1.00. The van der Waals surface area contributed by atoms with E-state index in [0.717, 1.165) is 23.7 Å². The van der Waals surface area contributed by atoms with Gasteiger partial charge in [-0.2, -0.15) is 0 Å². The Morgan fingerprint density at radius 2 is 1.47 bits per heavy atom. The molecule has 2 aliphatic carbocycles. The van der Waals surface area contributed by atoms with Gasteiger partial charge >= 0.3 is 0 Å². The van der Waals surface area contributed by atoms with E-state index in [4.69, 9.17) is 0 Å². The first kappa shape index (κ1) is 13.4. The lowest BCUT2D eigenvalue weighted by Gasteiger charge is -2.25. The van der Waals surface area contributed by atoms with Crippen LogP contribution in [0.3, 0.4) is 0 Å². The van der Waals surface area contributed by atoms with Gasteiger partial charge in [-0.3, -0.25) is 0 Å². The quantitative estimate of drug-likeness (QED) is 0.567. The van der Waals surface area contributed by atoms with Crippen molar-refractivity contribution in [3.63, 3.8) is 0 Å². The highest BCUT2D eigenvalue weighted by atomic mass is 14.3. The van der Waals surface area contributed by atoms with E-state index in [9.17, 15) is 0 Å². The summed E-state index contributed by atoms with van der Waals surface area (Å²) in [6.07, 6.45) is 16.7. The van der Waals surface area contributed by atoms with E-state index in [1.165, 1.54) is 44.9 Å². The first-order valence-electron chi connectivity index (χ1n) is 8.29. The fourth-order valence-electron chi connectivity index (χ4n) is 4.35. The molecule has 17 heavy (non-hydrogen) atoms. The van der Waals surface area contributed by atoms with Gasteiger partial charge in [0.2, 0.25) is 0 Å². The summed E-state index contributed by atoms with van der Waals surface area (Å²) in [6.45, 7) is 4.90. The molecule has 2 rings (SSSR count). The van der Waals surface area contributed by atoms with Gasteiger partial charge in [0.25, 0.3) is 0 Å². The van der Waals surface area contributed by atoms with Crippen molar-refractivity contribution in [1.82, 2.24) is 0 Å². The lowest BCUT2D eigenvalue weighted by molar-refractivity contribution is 0.257. The Bertz CT molecular complexity index is 202. The summed E-state index contributed by atoms with van der Waals surface area (Å²) in [5, 5.41) is 0. The van der Waals surface area contributed by atoms with Crippen LogP contribution in [0, 0.1) is 23.7 Å². The molecule has 2 aliphatic rings. The molecule has 0 nitrogen and oxygen atoms in total. The molecule has 0 radical (unpaired) electrons. The summed E-state index contributed by atoms with van der Waals surface area (Å²) in [5.74, 6) is 4.23. The maximum atomic E-state index is 2.51. The van der Waals surface area contributed by atoms with E-state index in [1.54, 1.807) is 25.7 Å². The van der Waals surface area contributed by atoms with Gasteiger partial charge in [-0.05, 0) is 30.1 Å². The fourth-order valence-corrected chi connectivity index (χ4v) is 4.35. The van der Waals surface area contributed by atoms with E-state index in [-0.39, 0.29) is 0 Å². The van der Waals surface area contributed by atoms with Crippen LogP contribution in [0.25, 0.3) is 0 Å². The molecule has 0 N–H and O–H groups in total. The lowest BCUT2D eigenvalue weighted by Crippen LogP contribution is -2.14. The maximum absolute atomic E-state index is 2.51. The Kier molecular flexibility index (Phi) is 5.38. The summed E-state index contributed by atoms with van der Waals surface area (Å²) >= 11 is 0. The maximum Gasteiger partial charge on any atom is -0.0383 e. The third-order valence-corrected chi connectivity index (χ3v) is 5.60. The molecule has 0 heterocycles. The Morgan fingerprint density at radius 3 is 2.18 bits per heavy atom. The van der Waals surface area contributed by atoms with Crippen molar-refractivity contribution in [1.29, 1.82) is 0 Å². The zero-order valence-corrected chi connectivity index (χ0v) is 12.1. The van der Waals surface area contributed by atoms with E-state index in [1.807, 2.05) is 0 Å². The average Bonchev–Trinajstić information content (AvgIpc) is 2.85. The summed E-state index contributed by atoms with van der Waals surface area (Å²) in [6, 6.07) is 0. The van der Waals surface area contributed by atoms with Gasteiger partial charge in [-0.25, -0.2) is 0 Å². The summed E-state index contributed by atoms with van der Waals surface area (Å²) < 4.78 is 0. The molecular formula is C17H32. The molecule has 3 unspecified atom stereocenters. The van der Waals surface area contributed by atoms with Gasteiger partial charge in [-0.15, -0.1) is 0 Å². The molecule has 0 aromatic carbocycles. The largest absolute Gasteiger partial charge is 0.0651 e. The SMILES string of the molecule is CCC1CCCC(C2CCCC2)CC(C)CC1. The summed E-state index contributed by atoms with van der Waals surface area (Å²) in [7, 11) is 0. The predicted octanol–water partition coefficient (Wildman–Crippen LogP) is 5.81. The summed E-state index contributed by atoms with van der Waals surface area (Å²) in [5.41, 5.74) is 0. The third-order valence-electron chi connectivity index (χ3n) is 5.60. The highest BCUT2D eigenvalue weighted by molar-refractivity contribution is 4.79. The molecule has 0 aromatic heterocycles. The van der Waals surface area contributed by atoms with E-state index < -0.39 is 0 Å². The molecule has 0 spiro atoms. The zero-order chi connectivity index (χ0) is 12.1. The van der Waals surface area contributed by atoms with Gasteiger partial charge in [0.15, 0.2) is 0 Å². The van der Waals surface area contributed by atoms with Crippen LogP contribution >= 0.6 is 0 Å². The highest BCUT2D eigenvalue weighted by Crippen LogP contribution is 2.39. The normalized spacial score (nSPS) is 37.4. The molecule has 2 fully saturated rings. The standard InChI is InChI=1S/C17H32/c1-3-15-7-6-10-17(13-14(2)11-12-15)16-8-4-5-9-16/h14-17H,3-13H2,1-2H3. The van der Waals surface area contributed by atoms with Crippen LogP contribution in [0.1, 0.15) is 84.5 Å². The van der Waals surface area contributed by atoms with Crippen LogP contribution in [-0.2, 0) is 0 Å². The minimum atomic E-state index is 0.993. The van der Waals surface area contributed by atoms with Crippen molar-refractivity contribution < 1.29 is 0 Å². The number of hydrogen-bond donors (Lipinski definition) is 0. The molecule has 2 saturated carbocycles. The molecule has 0 aromatic rings. The van der Waals surface area contributed by atoms with Crippen LogP contribution in [-0.4, -0.2) is 0 Å². The molecule has 3 atom stereocenters. The first-order chi connectivity index (χ1) is 8.29. The topological polar surface area (TPSA) is 0 Å². The Labute approximate surface area is 109 Å². The minimum absolute atomic E-state index is 0.993. The van der Waals surface area contributed by atoms with Gasteiger partial charge in [0.05, 0.1) is 0 Å². The average molecular weight is 236 g/mol. The van der Waals surface area contributed by atoms with Gasteiger partial charge in [-0.1, -0.05) is 78.1 Å². The summed E-state index contributed by atoms with van der Waals surface area (Å²) in [4.78, 5) is 0. The molecular weight excluding hydrogens is 204 g/mol. The number of hydrogen-bond acceptors (Lipinski definition) is 0. The predicted molar refractivity (Wildman–Crippen MR) is 76.1 cm³/mol. The van der Waals surface area contributed by atoms with Gasteiger partial charge in [0, 0.05) is 0 Å². The third kappa shape index (κ3) is 4.00. The van der Waals surface area contributed by atoms with E-state index in [0.29, 0.717) is 0 Å². The van der Waals surface area contributed by atoms with Crippen molar-refractivity contribution >= 4 is 0 Å². The molecule has 0 saturated heterocycles. The Balaban J connectivity index is 1.89. The van der Waals surface area contributed by atoms with Crippen molar-refractivity contribution in [2.45, 2.75) is 84.5 Å². The van der Waals surface area contributed by atoms with Gasteiger partial charge < -0.3 is 0 Å². The molecule has 0 bridgehead atoms. The Morgan fingerprint density at radius 1 is 0.765 bits per heavy atom. The minimum Gasteiger partial charge on any atom is -0.0651 e.